The Bertz CT molecular complexity index is 1090. The van der Waals surface area contributed by atoms with E-state index in [1.807, 2.05) is 48.5 Å². The summed E-state index contributed by atoms with van der Waals surface area (Å²) < 4.78 is 6.98. The lowest BCUT2D eigenvalue weighted by Crippen LogP contribution is -1.94. The van der Waals surface area contributed by atoms with Crippen LogP contribution in [0, 0.1) is 3.57 Å². The van der Waals surface area contributed by atoms with E-state index >= 15 is 0 Å². The number of nitrogens with zero attached hydrogens (tertiary/aromatic N) is 1. The van der Waals surface area contributed by atoms with Crippen molar-refractivity contribution in [3.8, 4) is 22.9 Å². The van der Waals surface area contributed by atoms with Gasteiger partial charge in [-0.25, -0.2) is 9.78 Å². The van der Waals surface area contributed by atoms with Crippen LogP contribution in [0.15, 0.2) is 66.7 Å². The van der Waals surface area contributed by atoms with Gasteiger partial charge in [-0.3, -0.25) is 0 Å². The molecule has 1 heterocycles. The number of fused-ring (bicyclic) bond motifs is 1. The van der Waals surface area contributed by atoms with E-state index in [-0.39, 0.29) is 5.56 Å². The molecule has 0 bridgehead atoms. The van der Waals surface area contributed by atoms with E-state index < -0.39 is 5.97 Å². The molecule has 0 atom stereocenters. The Morgan fingerprint density at radius 2 is 1.62 bits per heavy atom. The van der Waals surface area contributed by atoms with Gasteiger partial charge in [0.1, 0.15) is 17.3 Å². The van der Waals surface area contributed by atoms with Crippen LogP contribution in [0.2, 0.25) is 0 Å². The fourth-order valence-corrected chi connectivity index (χ4v) is 2.95. The summed E-state index contributed by atoms with van der Waals surface area (Å²) in [5.41, 5.74) is 2.54. The second-order valence-electron chi connectivity index (χ2n) is 5.70. The maximum atomic E-state index is 11.1. The summed E-state index contributed by atoms with van der Waals surface area (Å²) >= 11 is 2.25. The summed E-state index contributed by atoms with van der Waals surface area (Å²) in [5.74, 6) is 1.24. The van der Waals surface area contributed by atoms with Crippen molar-refractivity contribution in [2.75, 3.05) is 0 Å². The summed E-state index contributed by atoms with van der Waals surface area (Å²) in [6, 6.07) is 20.3. The molecule has 0 aliphatic carbocycles. The Kier molecular flexibility index (Phi) is 4.34. The number of carbonyl (C=O) groups is 1. The molecule has 1 aromatic heterocycles. The molecule has 4 aromatic rings. The standard InChI is InChI=1S/C20H13IN2O3/c21-14-4-8-16(9-5-14)26-15-6-1-12(2-7-15)19-22-17-10-3-13(20(24)25)11-18(17)23-19/h1-11H,(H,22,23)(H,24,25). The molecule has 0 aliphatic rings. The highest BCUT2D eigenvalue weighted by Crippen LogP contribution is 2.26. The van der Waals surface area contributed by atoms with Crippen molar-refractivity contribution >= 4 is 39.6 Å². The molecule has 0 fully saturated rings. The molecule has 0 amide bonds. The highest BCUT2D eigenvalue weighted by Gasteiger charge is 2.09. The molecular formula is C20H13IN2O3. The monoisotopic (exact) mass is 456 g/mol. The minimum absolute atomic E-state index is 0.219. The number of aromatic nitrogens is 2. The molecule has 0 saturated heterocycles. The second-order valence-corrected chi connectivity index (χ2v) is 6.95. The fourth-order valence-electron chi connectivity index (χ4n) is 2.60. The topological polar surface area (TPSA) is 75.2 Å². The third kappa shape index (κ3) is 3.41. The summed E-state index contributed by atoms with van der Waals surface area (Å²) in [4.78, 5) is 18.8. The normalized spacial score (nSPS) is 10.8. The highest BCUT2D eigenvalue weighted by atomic mass is 127. The molecule has 4 rings (SSSR count). The average molecular weight is 456 g/mol. The quantitative estimate of drug-likeness (QED) is 0.408. The first-order valence-corrected chi connectivity index (χ1v) is 8.93. The number of aromatic carboxylic acids is 1. The van der Waals surface area contributed by atoms with Gasteiger partial charge in [0, 0.05) is 9.13 Å². The average Bonchev–Trinajstić information content (AvgIpc) is 3.07. The van der Waals surface area contributed by atoms with Crippen LogP contribution in [0.3, 0.4) is 0 Å². The first-order chi connectivity index (χ1) is 12.6. The maximum Gasteiger partial charge on any atom is 0.335 e. The number of ether oxygens (including phenoxy) is 1. The number of carboxylic acid groups (broad SMARTS) is 1. The Morgan fingerprint density at radius 1 is 0.962 bits per heavy atom. The minimum Gasteiger partial charge on any atom is -0.478 e. The number of hydrogen-bond acceptors (Lipinski definition) is 3. The van der Waals surface area contributed by atoms with Crippen molar-refractivity contribution in [3.63, 3.8) is 0 Å². The predicted octanol–water partition coefficient (Wildman–Crippen LogP) is 5.33. The van der Waals surface area contributed by atoms with E-state index in [0.29, 0.717) is 11.3 Å². The summed E-state index contributed by atoms with van der Waals surface area (Å²) in [6.45, 7) is 0. The van der Waals surface area contributed by atoms with Gasteiger partial charge in [-0.1, -0.05) is 0 Å². The van der Waals surface area contributed by atoms with Gasteiger partial charge in [0.15, 0.2) is 0 Å². The Balaban J connectivity index is 1.59. The van der Waals surface area contributed by atoms with E-state index in [1.165, 1.54) is 0 Å². The third-order valence-electron chi connectivity index (χ3n) is 3.91. The summed E-state index contributed by atoms with van der Waals surface area (Å²) in [5, 5.41) is 9.08. The zero-order valence-electron chi connectivity index (χ0n) is 13.4. The van der Waals surface area contributed by atoms with Crippen molar-refractivity contribution < 1.29 is 14.6 Å². The third-order valence-corrected chi connectivity index (χ3v) is 4.63. The Morgan fingerprint density at radius 3 is 2.27 bits per heavy atom. The van der Waals surface area contributed by atoms with Gasteiger partial charge in [-0.15, -0.1) is 0 Å². The van der Waals surface area contributed by atoms with E-state index in [9.17, 15) is 4.79 Å². The molecular weight excluding hydrogens is 443 g/mol. The van der Waals surface area contributed by atoms with Gasteiger partial charge in [0.2, 0.25) is 0 Å². The lowest BCUT2D eigenvalue weighted by atomic mass is 10.2. The number of carboxylic acids is 1. The van der Waals surface area contributed by atoms with E-state index in [4.69, 9.17) is 9.84 Å². The number of halogens is 1. The molecule has 2 N–H and O–H groups in total. The minimum atomic E-state index is -0.964. The molecule has 0 radical (unpaired) electrons. The fraction of sp³-hybridized carbons (Fsp3) is 0. The zero-order valence-corrected chi connectivity index (χ0v) is 15.6. The second kappa shape index (κ2) is 6.80. The smallest absolute Gasteiger partial charge is 0.335 e. The van der Waals surface area contributed by atoms with Crippen LogP contribution < -0.4 is 4.74 Å². The predicted molar refractivity (Wildman–Crippen MR) is 108 cm³/mol. The highest BCUT2D eigenvalue weighted by molar-refractivity contribution is 14.1. The molecule has 0 spiro atoms. The number of rotatable bonds is 4. The van der Waals surface area contributed by atoms with Crippen LogP contribution in [-0.4, -0.2) is 21.0 Å². The van der Waals surface area contributed by atoms with E-state index in [1.54, 1.807) is 18.2 Å². The Labute approximate surface area is 162 Å². The molecule has 6 heteroatoms. The number of imidazole rings is 1. The molecule has 26 heavy (non-hydrogen) atoms. The molecule has 0 saturated carbocycles. The largest absolute Gasteiger partial charge is 0.478 e. The lowest BCUT2D eigenvalue weighted by Gasteiger charge is -2.06. The molecule has 5 nitrogen and oxygen atoms in total. The number of H-pyrrole nitrogens is 1. The van der Waals surface area contributed by atoms with E-state index in [0.717, 1.165) is 26.1 Å². The van der Waals surface area contributed by atoms with Crippen LogP contribution >= 0.6 is 22.6 Å². The summed E-state index contributed by atoms with van der Waals surface area (Å²) in [6.07, 6.45) is 0. The number of benzene rings is 3. The van der Waals surface area contributed by atoms with E-state index in [2.05, 4.69) is 32.6 Å². The van der Waals surface area contributed by atoms with Gasteiger partial charge < -0.3 is 14.8 Å². The molecule has 3 aromatic carbocycles. The van der Waals surface area contributed by atoms with Gasteiger partial charge in [0.25, 0.3) is 0 Å². The zero-order chi connectivity index (χ0) is 18.1. The van der Waals surface area contributed by atoms with Crippen LogP contribution in [0.4, 0.5) is 0 Å². The SMILES string of the molecule is O=C(O)c1ccc2[nH]c(-c3ccc(Oc4ccc(I)cc4)cc3)nc2c1. The summed E-state index contributed by atoms with van der Waals surface area (Å²) in [7, 11) is 0. The molecule has 128 valence electrons. The van der Waals surface area contributed by atoms with Gasteiger partial charge in [0.05, 0.1) is 16.6 Å². The van der Waals surface area contributed by atoms with Crippen molar-refractivity contribution in [1.29, 1.82) is 0 Å². The van der Waals surface area contributed by atoms with Gasteiger partial charge in [-0.05, 0) is 89.3 Å². The number of nitrogens with one attached hydrogen (secondary N) is 1. The Hall–Kier alpha value is -2.87. The first kappa shape index (κ1) is 16.6. The lowest BCUT2D eigenvalue weighted by molar-refractivity contribution is 0.0697. The van der Waals surface area contributed by atoms with Crippen LogP contribution in [0.1, 0.15) is 10.4 Å². The van der Waals surface area contributed by atoms with Crippen molar-refractivity contribution in [2.24, 2.45) is 0 Å². The molecule has 0 aliphatic heterocycles. The van der Waals surface area contributed by atoms with Gasteiger partial charge in [-0.2, -0.15) is 0 Å². The van der Waals surface area contributed by atoms with Crippen molar-refractivity contribution in [1.82, 2.24) is 9.97 Å². The number of hydrogen-bond donors (Lipinski definition) is 2. The van der Waals surface area contributed by atoms with Crippen LogP contribution in [0.25, 0.3) is 22.4 Å². The van der Waals surface area contributed by atoms with Crippen LogP contribution in [-0.2, 0) is 0 Å². The maximum absolute atomic E-state index is 11.1. The van der Waals surface area contributed by atoms with Crippen molar-refractivity contribution in [3.05, 3.63) is 75.9 Å². The van der Waals surface area contributed by atoms with Crippen LogP contribution in [0.5, 0.6) is 11.5 Å². The van der Waals surface area contributed by atoms with Gasteiger partial charge >= 0.3 is 5.97 Å². The number of aromatic amines is 1. The first-order valence-electron chi connectivity index (χ1n) is 7.85. The van der Waals surface area contributed by atoms with Crippen molar-refractivity contribution in [2.45, 2.75) is 0 Å². The molecule has 0 unspecified atom stereocenters.